The number of rotatable bonds is 33. The molecule has 6 nitrogen and oxygen atoms in total. The average Bonchev–Trinajstić information content (AvgIpc) is 2.99. The van der Waals surface area contributed by atoms with Crippen LogP contribution in [-0.4, -0.2) is 35.6 Å². The number of carbonyl (C=O) groups excluding carboxylic acids is 2. The number of nitrogens with one attached hydrogen (secondary N) is 1. The third-order valence-electron chi connectivity index (χ3n) is 8.17. The fraction of sp³-hybridized carbons (Fsp3) is 0.865. The molecular weight excluding hydrogens is 538 g/mol. The number of amides is 1. The summed E-state index contributed by atoms with van der Waals surface area (Å²) in [4.78, 5) is 34.8. The van der Waals surface area contributed by atoms with Crippen LogP contribution in [0.4, 0.5) is 0 Å². The maximum atomic E-state index is 12.6. The van der Waals surface area contributed by atoms with Crippen molar-refractivity contribution in [2.45, 2.75) is 200 Å². The first-order valence-corrected chi connectivity index (χ1v) is 18.3. The Morgan fingerprint density at radius 3 is 1.56 bits per heavy atom. The highest BCUT2D eigenvalue weighted by atomic mass is 16.5. The maximum Gasteiger partial charge on any atom is 0.322 e. The van der Waals surface area contributed by atoms with Crippen LogP contribution in [0.2, 0.25) is 0 Å². The van der Waals surface area contributed by atoms with Crippen LogP contribution in [0.25, 0.3) is 0 Å². The number of carboxylic acid groups (broad SMARTS) is 1. The molecule has 252 valence electrons. The van der Waals surface area contributed by atoms with E-state index in [9.17, 15) is 14.4 Å². The summed E-state index contributed by atoms with van der Waals surface area (Å²) in [5.74, 6) is -1.32. The van der Waals surface area contributed by atoms with Crippen LogP contribution >= 0.6 is 0 Å². The van der Waals surface area contributed by atoms with Gasteiger partial charge in [-0.05, 0) is 44.6 Å². The number of carbonyl (C=O) groups is 3. The molecule has 43 heavy (non-hydrogen) atoms. The van der Waals surface area contributed by atoms with Gasteiger partial charge in [0.05, 0.1) is 0 Å². The molecule has 0 radical (unpaired) electrons. The van der Waals surface area contributed by atoms with Crippen molar-refractivity contribution in [2.75, 3.05) is 6.54 Å². The monoisotopic (exact) mass is 608 g/mol. The molecule has 0 aromatic heterocycles. The lowest BCUT2D eigenvalue weighted by atomic mass is 10.0. The summed E-state index contributed by atoms with van der Waals surface area (Å²) in [7, 11) is 0. The van der Waals surface area contributed by atoms with Gasteiger partial charge in [-0.2, -0.15) is 0 Å². The SMILES string of the molecule is CCCCCCCC/C=C\C(CCCCCCC(=O)NCC(=O)O)OC(=O)CCCCCCCCCCCCCCCC. The lowest BCUT2D eigenvalue weighted by Gasteiger charge is -2.15. The third kappa shape index (κ3) is 32.9. The molecule has 0 fully saturated rings. The summed E-state index contributed by atoms with van der Waals surface area (Å²) in [6.07, 6.45) is 36.3. The van der Waals surface area contributed by atoms with Crippen molar-refractivity contribution < 1.29 is 24.2 Å². The number of ether oxygens (including phenoxy) is 1. The largest absolute Gasteiger partial charge is 0.480 e. The number of hydrogen-bond donors (Lipinski definition) is 2. The summed E-state index contributed by atoms with van der Waals surface area (Å²) < 4.78 is 5.88. The molecule has 0 aromatic rings. The Labute approximate surface area is 265 Å². The van der Waals surface area contributed by atoms with E-state index < -0.39 is 5.97 Å². The first-order valence-electron chi connectivity index (χ1n) is 18.3. The second kappa shape index (κ2) is 33.1. The Balaban J connectivity index is 4.12. The van der Waals surface area contributed by atoms with E-state index in [0.29, 0.717) is 12.8 Å². The second-order valence-corrected chi connectivity index (χ2v) is 12.5. The fourth-order valence-corrected chi connectivity index (χ4v) is 5.42. The van der Waals surface area contributed by atoms with Crippen molar-refractivity contribution in [2.24, 2.45) is 0 Å². The molecule has 0 aliphatic heterocycles. The van der Waals surface area contributed by atoms with Crippen LogP contribution < -0.4 is 5.32 Å². The lowest BCUT2D eigenvalue weighted by molar-refractivity contribution is -0.147. The van der Waals surface area contributed by atoms with E-state index in [0.717, 1.165) is 51.4 Å². The summed E-state index contributed by atoms with van der Waals surface area (Å²) in [5, 5.41) is 11.0. The van der Waals surface area contributed by atoms with E-state index in [2.05, 4.69) is 31.3 Å². The van der Waals surface area contributed by atoms with Crippen LogP contribution in [0.15, 0.2) is 12.2 Å². The van der Waals surface area contributed by atoms with Gasteiger partial charge in [0.15, 0.2) is 0 Å². The van der Waals surface area contributed by atoms with Crippen LogP contribution in [0.1, 0.15) is 194 Å². The molecule has 0 rings (SSSR count). The lowest BCUT2D eigenvalue weighted by Crippen LogP contribution is -2.28. The minimum absolute atomic E-state index is 0.0803. The van der Waals surface area contributed by atoms with Crippen LogP contribution in [0, 0.1) is 0 Å². The summed E-state index contributed by atoms with van der Waals surface area (Å²) in [6.45, 7) is 4.19. The molecule has 0 aliphatic carbocycles. The molecule has 0 heterocycles. The van der Waals surface area contributed by atoms with Gasteiger partial charge in [0.1, 0.15) is 12.6 Å². The Hall–Kier alpha value is -1.85. The van der Waals surface area contributed by atoms with E-state index in [1.807, 2.05) is 0 Å². The number of aliphatic carboxylic acids is 1. The second-order valence-electron chi connectivity index (χ2n) is 12.5. The molecule has 0 bridgehead atoms. The zero-order valence-electron chi connectivity index (χ0n) is 28.3. The highest BCUT2D eigenvalue weighted by Gasteiger charge is 2.12. The van der Waals surface area contributed by atoms with E-state index in [-0.39, 0.29) is 24.5 Å². The smallest absolute Gasteiger partial charge is 0.322 e. The van der Waals surface area contributed by atoms with Gasteiger partial charge < -0.3 is 15.2 Å². The predicted octanol–water partition coefficient (Wildman–Crippen LogP) is 10.6. The van der Waals surface area contributed by atoms with Crippen molar-refractivity contribution in [1.29, 1.82) is 0 Å². The Kier molecular flexibility index (Phi) is 31.6. The maximum absolute atomic E-state index is 12.6. The molecule has 0 saturated heterocycles. The number of carboxylic acids is 1. The first kappa shape index (κ1) is 41.1. The van der Waals surface area contributed by atoms with Gasteiger partial charge in [0.25, 0.3) is 0 Å². The van der Waals surface area contributed by atoms with Gasteiger partial charge in [-0.15, -0.1) is 0 Å². The zero-order valence-corrected chi connectivity index (χ0v) is 28.3. The minimum Gasteiger partial charge on any atom is -0.480 e. The standard InChI is InChI=1S/C37H69NO5/c1-3-5-7-9-11-13-14-15-16-17-18-20-22-28-32-37(42)43-34(29-25-21-19-12-10-8-6-4-2)30-26-23-24-27-31-35(39)38-33-36(40)41/h25,29,34H,3-24,26-28,30-33H2,1-2H3,(H,38,39)(H,40,41)/b29-25-. The molecule has 6 heteroatoms. The summed E-state index contributed by atoms with van der Waals surface area (Å²) >= 11 is 0. The Morgan fingerprint density at radius 1 is 0.605 bits per heavy atom. The third-order valence-corrected chi connectivity index (χ3v) is 8.17. The van der Waals surface area contributed by atoms with Crippen LogP contribution in [0.5, 0.6) is 0 Å². The normalized spacial score (nSPS) is 12.0. The van der Waals surface area contributed by atoms with Crippen LogP contribution in [0.3, 0.4) is 0 Å². The van der Waals surface area contributed by atoms with Gasteiger partial charge in [0.2, 0.25) is 5.91 Å². The molecule has 0 aliphatic rings. The summed E-state index contributed by atoms with van der Waals surface area (Å²) in [6, 6.07) is 0. The van der Waals surface area contributed by atoms with Crippen molar-refractivity contribution in [3.8, 4) is 0 Å². The quantitative estimate of drug-likeness (QED) is 0.0440. The molecule has 1 atom stereocenters. The number of unbranched alkanes of at least 4 members (excludes halogenated alkanes) is 22. The number of esters is 1. The predicted molar refractivity (Wildman–Crippen MR) is 180 cm³/mol. The van der Waals surface area contributed by atoms with Gasteiger partial charge in [-0.25, -0.2) is 0 Å². The fourth-order valence-electron chi connectivity index (χ4n) is 5.42. The molecule has 0 saturated carbocycles. The molecule has 0 spiro atoms. The van der Waals surface area contributed by atoms with Gasteiger partial charge in [-0.3, -0.25) is 14.4 Å². The Bertz CT molecular complexity index is 678. The van der Waals surface area contributed by atoms with Gasteiger partial charge >= 0.3 is 11.9 Å². The molecular formula is C37H69NO5. The molecule has 1 unspecified atom stereocenters. The average molecular weight is 608 g/mol. The van der Waals surface area contributed by atoms with E-state index in [1.54, 1.807) is 0 Å². The summed E-state index contributed by atoms with van der Waals surface area (Å²) in [5.41, 5.74) is 0. The van der Waals surface area contributed by atoms with E-state index in [1.165, 1.54) is 116 Å². The topological polar surface area (TPSA) is 92.7 Å². The van der Waals surface area contributed by atoms with Crippen molar-refractivity contribution in [3.63, 3.8) is 0 Å². The molecule has 2 N–H and O–H groups in total. The van der Waals surface area contributed by atoms with E-state index in [4.69, 9.17) is 9.84 Å². The van der Waals surface area contributed by atoms with Crippen molar-refractivity contribution >= 4 is 17.8 Å². The number of hydrogen-bond acceptors (Lipinski definition) is 4. The van der Waals surface area contributed by atoms with Crippen LogP contribution in [-0.2, 0) is 19.1 Å². The number of allylic oxidation sites excluding steroid dienone is 1. The van der Waals surface area contributed by atoms with E-state index >= 15 is 0 Å². The molecule has 0 aromatic carbocycles. The van der Waals surface area contributed by atoms with Crippen molar-refractivity contribution in [3.05, 3.63) is 12.2 Å². The van der Waals surface area contributed by atoms with Crippen molar-refractivity contribution in [1.82, 2.24) is 5.32 Å². The van der Waals surface area contributed by atoms with Gasteiger partial charge in [-0.1, -0.05) is 148 Å². The minimum atomic E-state index is -1.03. The Morgan fingerprint density at radius 2 is 1.05 bits per heavy atom. The molecule has 1 amide bonds. The highest BCUT2D eigenvalue weighted by Crippen LogP contribution is 2.16. The zero-order chi connectivity index (χ0) is 31.6. The van der Waals surface area contributed by atoms with Gasteiger partial charge in [0, 0.05) is 12.8 Å². The first-order chi connectivity index (χ1) is 21.0. The highest BCUT2D eigenvalue weighted by molar-refractivity contribution is 5.80.